The lowest BCUT2D eigenvalue weighted by Crippen LogP contribution is -2.24. The number of amides is 1. The van der Waals surface area contributed by atoms with E-state index < -0.39 is 0 Å². The smallest absolute Gasteiger partial charge is 0.277 e. The molecule has 5 nitrogen and oxygen atoms in total. The molecule has 0 aliphatic rings. The lowest BCUT2D eigenvalue weighted by Gasteiger charge is -2.03. The number of fused-ring (bicyclic) bond motifs is 1. The minimum absolute atomic E-state index is 0.0742. The van der Waals surface area contributed by atoms with E-state index in [2.05, 4.69) is 15.5 Å². The number of rotatable bonds is 5. The molecule has 0 aliphatic carbocycles. The van der Waals surface area contributed by atoms with Gasteiger partial charge in [-0.05, 0) is 18.2 Å². The van der Waals surface area contributed by atoms with Crippen LogP contribution in [0.3, 0.4) is 0 Å². The number of carbonyl (C=O) groups is 1. The third-order valence-corrected chi connectivity index (χ3v) is 3.13. The minimum atomic E-state index is -0.306. The fraction of sp³-hybridized carbons (Fsp3) is 0.0588. The number of carbonyl (C=O) groups excluding carboxylic acids is 1. The molecule has 1 aromatic heterocycles. The van der Waals surface area contributed by atoms with E-state index in [1.165, 1.54) is 0 Å². The largest absolute Gasteiger partial charge is 0.484 e. The second-order valence-corrected chi connectivity index (χ2v) is 4.68. The molecular weight excluding hydrogens is 278 g/mol. The van der Waals surface area contributed by atoms with Crippen molar-refractivity contribution in [3.05, 3.63) is 66.4 Å². The SMILES string of the molecule is O=C(COc1ccccc1)N/N=C/c1c[nH]c2ccccc12. The molecule has 0 bridgehead atoms. The van der Waals surface area contributed by atoms with Gasteiger partial charge in [-0.2, -0.15) is 5.10 Å². The maximum absolute atomic E-state index is 11.7. The first-order valence-electron chi connectivity index (χ1n) is 6.89. The molecule has 1 amide bonds. The number of ether oxygens (including phenoxy) is 1. The van der Waals surface area contributed by atoms with Crippen molar-refractivity contribution in [1.29, 1.82) is 0 Å². The highest BCUT2D eigenvalue weighted by Gasteiger charge is 2.02. The summed E-state index contributed by atoms with van der Waals surface area (Å²) in [7, 11) is 0. The average Bonchev–Trinajstić information content (AvgIpc) is 2.97. The quantitative estimate of drug-likeness (QED) is 0.561. The molecule has 5 heteroatoms. The van der Waals surface area contributed by atoms with Gasteiger partial charge in [0.1, 0.15) is 5.75 Å². The topological polar surface area (TPSA) is 66.5 Å². The Morgan fingerprint density at radius 2 is 1.91 bits per heavy atom. The number of nitrogens with one attached hydrogen (secondary N) is 2. The summed E-state index contributed by atoms with van der Waals surface area (Å²) in [6, 6.07) is 17.1. The molecule has 3 rings (SSSR count). The fourth-order valence-corrected chi connectivity index (χ4v) is 2.07. The molecule has 0 unspecified atom stereocenters. The van der Waals surface area contributed by atoms with Crippen LogP contribution in [-0.4, -0.2) is 23.7 Å². The Hall–Kier alpha value is -3.08. The normalized spacial score (nSPS) is 10.9. The number of aromatic nitrogens is 1. The highest BCUT2D eigenvalue weighted by atomic mass is 16.5. The van der Waals surface area contributed by atoms with Gasteiger partial charge in [0, 0.05) is 22.7 Å². The Balaban J connectivity index is 1.54. The molecule has 3 aromatic rings. The Morgan fingerprint density at radius 1 is 1.14 bits per heavy atom. The first-order chi connectivity index (χ1) is 10.8. The zero-order chi connectivity index (χ0) is 15.2. The average molecular weight is 293 g/mol. The van der Waals surface area contributed by atoms with Gasteiger partial charge in [0.15, 0.2) is 6.61 Å². The Bertz CT molecular complexity index is 794. The van der Waals surface area contributed by atoms with E-state index in [-0.39, 0.29) is 12.5 Å². The van der Waals surface area contributed by atoms with E-state index in [9.17, 15) is 4.79 Å². The fourth-order valence-electron chi connectivity index (χ4n) is 2.07. The maximum atomic E-state index is 11.7. The van der Waals surface area contributed by atoms with Crippen molar-refractivity contribution in [1.82, 2.24) is 10.4 Å². The van der Waals surface area contributed by atoms with Crippen LogP contribution in [0.25, 0.3) is 10.9 Å². The third-order valence-electron chi connectivity index (χ3n) is 3.13. The zero-order valence-electron chi connectivity index (χ0n) is 11.8. The van der Waals surface area contributed by atoms with Crippen LogP contribution in [0.2, 0.25) is 0 Å². The summed E-state index contributed by atoms with van der Waals surface area (Å²) >= 11 is 0. The third kappa shape index (κ3) is 3.32. The molecule has 1 heterocycles. The molecule has 0 atom stereocenters. The summed E-state index contributed by atoms with van der Waals surface area (Å²) in [5.74, 6) is 0.346. The van der Waals surface area contributed by atoms with Crippen LogP contribution >= 0.6 is 0 Å². The number of benzene rings is 2. The van der Waals surface area contributed by atoms with Crippen molar-refractivity contribution >= 4 is 23.0 Å². The summed E-state index contributed by atoms with van der Waals surface area (Å²) in [5, 5.41) is 5.01. The maximum Gasteiger partial charge on any atom is 0.277 e. The molecule has 0 saturated heterocycles. The predicted octanol–water partition coefficient (Wildman–Crippen LogP) is 2.70. The Labute approximate surface area is 127 Å². The van der Waals surface area contributed by atoms with Gasteiger partial charge in [-0.3, -0.25) is 4.79 Å². The van der Waals surface area contributed by atoms with Crippen LogP contribution < -0.4 is 10.2 Å². The molecule has 0 aliphatic heterocycles. The summed E-state index contributed by atoms with van der Waals surface area (Å²) in [6.45, 7) is -0.0742. The molecule has 0 spiro atoms. The van der Waals surface area contributed by atoms with Crippen LogP contribution in [0.4, 0.5) is 0 Å². The van der Waals surface area contributed by atoms with Crippen molar-refractivity contribution in [2.75, 3.05) is 6.61 Å². The van der Waals surface area contributed by atoms with Crippen LogP contribution in [-0.2, 0) is 4.79 Å². The minimum Gasteiger partial charge on any atom is -0.484 e. The predicted molar refractivity (Wildman–Crippen MR) is 86.0 cm³/mol. The molecule has 110 valence electrons. The van der Waals surface area contributed by atoms with Crippen LogP contribution in [0.1, 0.15) is 5.56 Å². The van der Waals surface area contributed by atoms with Crippen LogP contribution in [0.5, 0.6) is 5.75 Å². The van der Waals surface area contributed by atoms with Crippen molar-refractivity contribution in [3.8, 4) is 5.75 Å². The number of hydrazone groups is 1. The second kappa shape index (κ2) is 6.58. The van der Waals surface area contributed by atoms with E-state index in [0.29, 0.717) is 5.75 Å². The van der Waals surface area contributed by atoms with Crippen molar-refractivity contribution < 1.29 is 9.53 Å². The van der Waals surface area contributed by atoms with E-state index in [1.54, 1.807) is 18.3 Å². The van der Waals surface area contributed by atoms with Gasteiger partial charge in [0.25, 0.3) is 5.91 Å². The van der Waals surface area contributed by atoms with Gasteiger partial charge in [-0.25, -0.2) is 5.43 Å². The monoisotopic (exact) mass is 293 g/mol. The van der Waals surface area contributed by atoms with E-state index in [4.69, 9.17) is 4.74 Å². The van der Waals surface area contributed by atoms with Gasteiger partial charge in [0.05, 0.1) is 6.21 Å². The molecule has 0 saturated carbocycles. The number of H-pyrrole nitrogens is 1. The summed E-state index contributed by atoms with van der Waals surface area (Å²) in [6.07, 6.45) is 3.46. The number of aromatic amines is 1. The van der Waals surface area contributed by atoms with Crippen LogP contribution in [0, 0.1) is 0 Å². The van der Waals surface area contributed by atoms with Gasteiger partial charge >= 0.3 is 0 Å². The number of nitrogens with zero attached hydrogens (tertiary/aromatic N) is 1. The lowest BCUT2D eigenvalue weighted by molar-refractivity contribution is -0.123. The Morgan fingerprint density at radius 3 is 2.77 bits per heavy atom. The Kier molecular flexibility index (Phi) is 4.15. The highest BCUT2D eigenvalue weighted by Crippen LogP contribution is 2.15. The molecule has 2 aromatic carbocycles. The van der Waals surface area contributed by atoms with E-state index in [1.807, 2.05) is 48.7 Å². The van der Waals surface area contributed by atoms with Gasteiger partial charge in [0.2, 0.25) is 0 Å². The van der Waals surface area contributed by atoms with Gasteiger partial charge in [-0.15, -0.1) is 0 Å². The molecule has 22 heavy (non-hydrogen) atoms. The summed E-state index contributed by atoms with van der Waals surface area (Å²) < 4.78 is 5.33. The van der Waals surface area contributed by atoms with Crippen molar-refractivity contribution in [3.63, 3.8) is 0 Å². The van der Waals surface area contributed by atoms with Gasteiger partial charge in [-0.1, -0.05) is 36.4 Å². The first-order valence-corrected chi connectivity index (χ1v) is 6.89. The lowest BCUT2D eigenvalue weighted by atomic mass is 10.2. The second-order valence-electron chi connectivity index (χ2n) is 4.68. The molecule has 0 radical (unpaired) electrons. The van der Waals surface area contributed by atoms with E-state index in [0.717, 1.165) is 16.5 Å². The van der Waals surface area contributed by atoms with E-state index >= 15 is 0 Å². The number of hydrogen-bond donors (Lipinski definition) is 2. The molecule has 0 fully saturated rings. The number of hydrogen-bond acceptors (Lipinski definition) is 3. The van der Waals surface area contributed by atoms with Crippen LogP contribution in [0.15, 0.2) is 65.9 Å². The van der Waals surface area contributed by atoms with Gasteiger partial charge < -0.3 is 9.72 Å². The standard InChI is InChI=1S/C17H15N3O2/c21-17(12-22-14-6-2-1-3-7-14)20-19-11-13-10-18-16-9-5-4-8-15(13)16/h1-11,18H,12H2,(H,20,21)/b19-11+. The molecular formula is C17H15N3O2. The van der Waals surface area contributed by atoms with Crippen molar-refractivity contribution in [2.24, 2.45) is 5.10 Å². The number of para-hydroxylation sites is 2. The first kappa shape index (κ1) is 13.9. The zero-order valence-corrected chi connectivity index (χ0v) is 11.8. The summed E-state index contributed by atoms with van der Waals surface area (Å²) in [4.78, 5) is 14.8. The van der Waals surface area contributed by atoms with Crippen molar-refractivity contribution in [2.45, 2.75) is 0 Å². The summed E-state index contributed by atoms with van der Waals surface area (Å²) in [5.41, 5.74) is 4.39. The molecule has 2 N–H and O–H groups in total. The highest BCUT2D eigenvalue weighted by molar-refractivity contribution is 5.99.